The van der Waals surface area contributed by atoms with Crippen molar-refractivity contribution >= 4 is 11.6 Å². The van der Waals surface area contributed by atoms with Crippen molar-refractivity contribution in [1.82, 2.24) is 10.2 Å². The molecular weight excluding hydrogens is 282 g/mol. The summed E-state index contributed by atoms with van der Waals surface area (Å²) in [6, 6.07) is 4.76. The lowest BCUT2D eigenvalue weighted by atomic mass is 10.1. The normalized spacial score (nSPS) is 10.6. The number of phenolic OH excluding ortho intramolecular Hbond substituents is 1. The van der Waals surface area contributed by atoms with Gasteiger partial charge in [-0.2, -0.15) is 0 Å². The van der Waals surface area contributed by atoms with Crippen molar-refractivity contribution in [2.24, 2.45) is 0 Å². The molecule has 118 valence electrons. The van der Waals surface area contributed by atoms with E-state index in [-0.39, 0.29) is 17.5 Å². The van der Waals surface area contributed by atoms with Crippen molar-refractivity contribution in [3.05, 3.63) is 24.6 Å². The number of phenols is 1. The molecule has 22 heavy (non-hydrogen) atoms. The molecule has 2 rings (SSSR count). The van der Waals surface area contributed by atoms with Gasteiger partial charge in [-0.05, 0) is 24.6 Å². The molecule has 0 fully saturated rings. The van der Waals surface area contributed by atoms with Crippen LogP contribution in [0.25, 0.3) is 11.5 Å². The van der Waals surface area contributed by atoms with Gasteiger partial charge in [-0.25, -0.2) is 0 Å². The van der Waals surface area contributed by atoms with Crippen LogP contribution in [0.4, 0.5) is 5.69 Å². The van der Waals surface area contributed by atoms with E-state index in [0.29, 0.717) is 17.7 Å². The van der Waals surface area contributed by atoms with Crippen LogP contribution in [0.1, 0.15) is 45.4 Å². The molecule has 1 heterocycles. The third-order valence-electron chi connectivity index (χ3n) is 3.38. The molecule has 0 saturated carbocycles. The predicted molar refractivity (Wildman–Crippen MR) is 83.4 cm³/mol. The Hall–Kier alpha value is -2.37. The first-order valence-electron chi connectivity index (χ1n) is 7.60. The Balaban J connectivity index is 1.90. The van der Waals surface area contributed by atoms with Crippen molar-refractivity contribution in [3.8, 4) is 17.2 Å². The van der Waals surface area contributed by atoms with Crippen LogP contribution in [0.2, 0.25) is 0 Å². The molecule has 1 amide bonds. The Labute approximate surface area is 129 Å². The van der Waals surface area contributed by atoms with Crippen molar-refractivity contribution in [2.45, 2.75) is 45.4 Å². The molecule has 6 heteroatoms. The highest BCUT2D eigenvalue weighted by atomic mass is 16.4. The maximum absolute atomic E-state index is 11.9. The highest BCUT2D eigenvalue weighted by molar-refractivity contribution is 5.91. The highest BCUT2D eigenvalue weighted by Crippen LogP contribution is 2.30. The van der Waals surface area contributed by atoms with Gasteiger partial charge in [0.2, 0.25) is 12.3 Å². The minimum atomic E-state index is -0.0290. The van der Waals surface area contributed by atoms with Gasteiger partial charge < -0.3 is 14.8 Å². The summed E-state index contributed by atoms with van der Waals surface area (Å²) in [5.74, 6) is 0.216. The molecule has 0 aliphatic carbocycles. The molecular formula is C16H21N3O3. The maximum atomic E-state index is 11.9. The third kappa shape index (κ3) is 4.58. The average Bonchev–Trinajstić information content (AvgIpc) is 3.03. The number of aromatic hydroxyl groups is 1. The van der Waals surface area contributed by atoms with Gasteiger partial charge in [0, 0.05) is 12.1 Å². The Morgan fingerprint density at radius 2 is 2.09 bits per heavy atom. The first kappa shape index (κ1) is 16.0. The Morgan fingerprint density at radius 3 is 2.82 bits per heavy atom. The number of carbonyl (C=O) groups excluding carboxylic acids is 1. The van der Waals surface area contributed by atoms with E-state index >= 15 is 0 Å². The fourth-order valence-corrected chi connectivity index (χ4v) is 2.19. The van der Waals surface area contributed by atoms with Gasteiger partial charge in [0.1, 0.15) is 5.75 Å². The van der Waals surface area contributed by atoms with Crippen molar-refractivity contribution in [3.63, 3.8) is 0 Å². The number of unbranched alkanes of at least 4 members (excludes halogenated alkanes) is 4. The lowest BCUT2D eigenvalue weighted by molar-refractivity contribution is -0.116. The summed E-state index contributed by atoms with van der Waals surface area (Å²) in [7, 11) is 0. The molecule has 0 atom stereocenters. The third-order valence-corrected chi connectivity index (χ3v) is 3.38. The molecule has 1 aromatic heterocycles. The minimum absolute atomic E-state index is 0.0290. The molecule has 0 aliphatic heterocycles. The molecule has 0 saturated heterocycles. The van der Waals surface area contributed by atoms with Crippen LogP contribution in [0.15, 0.2) is 29.0 Å². The second-order valence-electron chi connectivity index (χ2n) is 5.19. The minimum Gasteiger partial charge on any atom is -0.507 e. The summed E-state index contributed by atoms with van der Waals surface area (Å²) in [6.45, 7) is 2.17. The molecule has 0 radical (unpaired) electrons. The number of nitrogens with zero attached hydrogens (tertiary/aromatic N) is 2. The fraction of sp³-hybridized carbons (Fsp3) is 0.438. The number of anilines is 1. The summed E-state index contributed by atoms with van der Waals surface area (Å²) in [6.07, 6.45) is 7.23. The Morgan fingerprint density at radius 1 is 1.27 bits per heavy atom. The number of aromatic nitrogens is 2. The smallest absolute Gasteiger partial charge is 0.251 e. The second kappa shape index (κ2) is 8.17. The van der Waals surface area contributed by atoms with Crippen molar-refractivity contribution in [1.29, 1.82) is 0 Å². The van der Waals surface area contributed by atoms with Gasteiger partial charge in [-0.15, -0.1) is 10.2 Å². The lowest BCUT2D eigenvalue weighted by Gasteiger charge is -2.07. The summed E-state index contributed by atoms with van der Waals surface area (Å²) in [5, 5.41) is 20.0. The van der Waals surface area contributed by atoms with E-state index in [1.54, 1.807) is 12.1 Å². The summed E-state index contributed by atoms with van der Waals surface area (Å²) >= 11 is 0. The zero-order valence-electron chi connectivity index (χ0n) is 12.7. The number of amides is 1. The van der Waals surface area contributed by atoms with Gasteiger partial charge >= 0.3 is 0 Å². The zero-order valence-corrected chi connectivity index (χ0v) is 12.7. The molecule has 0 aliphatic rings. The molecule has 0 bridgehead atoms. The molecule has 2 aromatic rings. The molecule has 0 unspecified atom stereocenters. The number of rotatable bonds is 8. The van der Waals surface area contributed by atoms with Gasteiger partial charge in [0.05, 0.1) is 5.56 Å². The number of benzene rings is 1. The first-order valence-corrected chi connectivity index (χ1v) is 7.60. The molecule has 6 nitrogen and oxygen atoms in total. The van der Waals surface area contributed by atoms with Crippen LogP contribution in [0.3, 0.4) is 0 Å². The molecule has 1 aromatic carbocycles. The Bertz CT molecular complexity index is 597. The van der Waals surface area contributed by atoms with Crippen molar-refractivity contribution in [2.75, 3.05) is 5.32 Å². The van der Waals surface area contributed by atoms with E-state index < -0.39 is 0 Å². The highest BCUT2D eigenvalue weighted by Gasteiger charge is 2.11. The van der Waals surface area contributed by atoms with Gasteiger partial charge in [0.15, 0.2) is 0 Å². The standard InChI is InChI=1S/C16H21N3O3/c1-2-3-4-5-6-7-15(21)18-12-8-9-14(20)13(10-12)16-19-17-11-22-16/h8-11,20H,2-7H2,1H3,(H,18,21). The van der Waals surface area contributed by atoms with Gasteiger partial charge in [0.25, 0.3) is 5.89 Å². The maximum Gasteiger partial charge on any atom is 0.251 e. The number of hydrogen-bond donors (Lipinski definition) is 2. The van der Waals surface area contributed by atoms with Crippen LogP contribution < -0.4 is 5.32 Å². The summed E-state index contributed by atoms with van der Waals surface area (Å²) in [5.41, 5.74) is 1.00. The first-order chi connectivity index (χ1) is 10.7. The molecule has 2 N–H and O–H groups in total. The number of nitrogens with one attached hydrogen (secondary N) is 1. The second-order valence-corrected chi connectivity index (χ2v) is 5.19. The van der Waals surface area contributed by atoms with E-state index in [0.717, 1.165) is 12.8 Å². The fourth-order valence-electron chi connectivity index (χ4n) is 2.19. The lowest BCUT2D eigenvalue weighted by Crippen LogP contribution is -2.11. The van der Waals surface area contributed by atoms with Crippen LogP contribution >= 0.6 is 0 Å². The van der Waals surface area contributed by atoms with E-state index in [1.165, 1.54) is 31.7 Å². The average molecular weight is 303 g/mol. The summed E-state index contributed by atoms with van der Waals surface area (Å²) in [4.78, 5) is 11.9. The van der Waals surface area contributed by atoms with Gasteiger partial charge in [-0.1, -0.05) is 32.6 Å². The van der Waals surface area contributed by atoms with Crippen LogP contribution in [0.5, 0.6) is 5.75 Å². The number of carbonyl (C=O) groups is 1. The van der Waals surface area contributed by atoms with E-state index in [9.17, 15) is 9.90 Å². The SMILES string of the molecule is CCCCCCCC(=O)Nc1ccc(O)c(-c2nnco2)c1. The largest absolute Gasteiger partial charge is 0.507 e. The predicted octanol–water partition coefficient (Wildman–Crippen LogP) is 3.74. The zero-order chi connectivity index (χ0) is 15.8. The summed E-state index contributed by atoms with van der Waals surface area (Å²) < 4.78 is 5.07. The Kier molecular flexibility index (Phi) is 5.94. The van der Waals surface area contributed by atoms with E-state index in [4.69, 9.17) is 4.42 Å². The molecule has 0 spiro atoms. The topological polar surface area (TPSA) is 88.2 Å². The van der Waals surface area contributed by atoms with Gasteiger partial charge in [-0.3, -0.25) is 4.79 Å². The monoisotopic (exact) mass is 303 g/mol. The quantitative estimate of drug-likeness (QED) is 0.573. The van der Waals surface area contributed by atoms with Crippen LogP contribution in [-0.4, -0.2) is 21.2 Å². The number of hydrogen-bond acceptors (Lipinski definition) is 5. The van der Waals surface area contributed by atoms with E-state index in [1.807, 2.05) is 0 Å². The van der Waals surface area contributed by atoms with E-state index in [2.05, 4.69) is 22.4 Å². The van der Waals surface area contributed by atoms with Crippen LogP contribution in [0, 0.1) is 0 Å². The van der Waals surface area contributed by atoms with Crippen LogP contribution in [-0.2, 0) is 4.79 Å². The van der Waals surface area contributed by atoms with Crippen molar-refractivity contribution < 1.29 is 14.3 Å².